The second-order valence-corrected chi connectivity index (χ2v) is 7.49. The third-order valence-corrected chi connectivity index (χ3v) is 5.29. The summed E-state index contributed by atoms with van der Waals surface area (Å²) in [7, 11) is 0. The van der Waals surface area contributed by atoms with Crippen LogP contribution in [0, 0.1) is 10.1 Å². The minimum absolute atomic E-state index is 0.0409. The summed E-state index contributed by atoms with van der Waals surface area (Å²) >= 11 is 7.52. The van der Waals surface area contributed by atoms with Crippen molar-refractivity contribution < 1.29 is 4.92 Å². The van der Waals surface area contributed by atoms with Gasteiger partial charge in [-0.05, 0) is 43.7 Å². The maximum Gasteiger partial charge on any atom is 0.269 e. The Morgan fingerprint density at radius 1 is 1.26 bits per heavy atom. The molecule has 0 saturated heterocycles. The number of benzene rings is 1. The SMILES string of the molecule is CCn1c(Sc2cc(Cl)nc(C3CC3)n2)nnc1-c1ccc([N+](=O)[O-])cc1. The lowest BCUT2D eigenvalue weighted by Gasteiger charge is -2.08. The second-order valence-electron chi connectivity index (χ2n) is 6.12. The van der Waals surface area contributed by atoms with Crippen LogP contribution in [0.5, 0.6) is 0 Å². The lowest BCUT2D eigenvalue weighted by molar-refractivity contribution is -0.384. The van der Waals surface area contributed by atoms with Gasteiger partial charge in [0.1, 0.15) is 16.0 Å². The number of aromatic nitrogens is 5. The molecule has 2 heterocycles. The lowest BCUT2D eigenvalue weighted by Crippen LogP contribution is -2.01. The Bertz CT molecular complexity index is 1000. The molecule has 2 aromatic heterocycles. The molecule has 0 spiro atoms. The maximum atomic E-state index is 10.8. The Balaban J connectivity index is 1.64. The molecule has 0 bridgehead atoms. The second kappa shape index (κ2) is 7.24. The third kappa shape index (κ3) is 3.79. The Labute approximate surface area is 164 Å². The molecule has 138 valence electrons. The quantitative estimate of drug-likeness (QED) is 0.343. The van der Waals surface area contributed by atoms with Gasteiger partial charge in [-0.2, -0.15) is 0 Å². The van der Waals surface area contributed by atoms with E-state index >= 15 is 0 Å². The Kier molecular flexibility index (Phi) is 4.79. The molecule has 1 aliphatic rings. The summed E-state index contributed by atoms with van der Waals surface area (Å²) < 4.78 is 1.94. The summed E-state index contributed by atoms with van der Waals surface area (Å²) in [5.74, 6) is 1.84. The molecule has 3 aromatic rings. The molecule has 10 heteroatoms. The van der Waals surface area contributed by atoms with Crippen molar-refractivity contribution in [2.45, 2.75) is 42.4 Å². The summed E-state index contributed by atoms with van der Waals surface area (Å²) in [6.07, 6.45) is 2.19. The van der Waals surface area contributed by atoms with E-state index in [0.717, 1.165) is 29.3 Å². The Hall–Kier alpha value is -2.52. The number of halogens is 1. The number of nitro groups is 1. The molecule has 0 atom stereocenters. The smallest absolute Gasteiger partial charge is 0.269 e. The third-order valence-electron chi connectivity index (χ3n) is 4.20. The van der Waals surface area contributed by atoms with E-state index in [1.165, 1.54) is 23.9 Å². The van der Waals surface area contributed by atoms with Crippen LogP contribution < -0.4 is 0 Å². The number of nitrogens with zero attached hydrogens (tertiary/aromatic N) is 6. The zero-order valence-corrected chi connectivity index (χ0v) is 15.9. The van der Waals surface area contributed by atoms with Crippen molar-refractivity contribution in [1.29, 1.82) is 0 Å². The van der Waals surface area contributed by atoms with Crippen LogP contribution in [0.3, 0.4) is 0 Å². The van der Waals surface area contributed by atoms with Crippen molar-refractivity contribution in [3.05, 3.63) is 51.4 Å². The van der Waals surface area contributed by atoms with Crippen LogP contribution in [-0.2, 0) is 6.54 Å². The van der Waals surface area contributed by atoms with Crippen molar-refractivity contribution in [3.8, 4) is 11.4 Å². The van der Waals surface area contributed by atoms with Gasteiger partial charge in [0, 0.05) is 36.2 Å². The minimum atomic E-state index is -0.425. The van der Waals surface area contributed by atoms with Crippen LogP contribution in [0.4, 0.5) is 5.69 Å². The average molecular weight is 403 g/mol. The zero-order chi connectivity index (χ0) is 19.0. The molecule has 0 amide bonds. The largest absolute Gasteiger partial charge is 0.302 e. The van der Waals surface area contributed by atoms with Gasteiger partial charge in [-0.3, -0.25) is 10.1 Å². The van der Waals surface area contributed by atoms with Crippen molar-refractivity contribution in [2.24, 2.45) is 0 Å². The monoisotopic (exact) mass is 402 g/mol. The highest BCUT2D eigenvalue weighted by molar-refractivity contribution is 7.99. The van der Waals surface area contributed by atoms with E-state index in [1.807, 2.05) is 11.5 Å². The van der Waals surface area contributed by atoms with E-state index in [-0.39, 0.29) is 5.69 Å². The first kappa shape index (κ1) is 17.9. The van der Waals surface area contributed by atoms with Gasteiger partial charge in [0.25, 0.3) is 5.69 Å². The highest BCUT2D eigenvalue weighted by Gasteiger charge is 2.27. The van der Waals surface area contributed by atoms with Gasteiger partial charge in [0.2, 0.25) is 0 Å². The van der Waals surface area contributed by atoms with Gasteiger partial charge in [-0.15, -0.1) is 10.2 Å². The summed E-state index contributed by atoms with van der Waals surface area (Å²) in [6, 6.07) is 8.00. The molecule has 8 nitrogen and oxygen atoms in total. The minimum Gasteiger partial charge on any atom is -0.302 e. The summed E-state index contributed by atoms with van der Waals surface area (Å²) in [5.41, 5.74) is 0.806. The molecule has 0 N–H and O–H groups in total. The van der Waals surface area contributed by atoms with Gasteiger partial charge in [-0.25, -0.2) is 9.97 Å². The van der Waals surface area contributed by atoms with Gasteiger partial charge in [0.15, 0.2) is 11.0 Å². The summed E-state index contributed by atoms with van der Waals surface area (Å²) in [6.45, 7) is 2.64. The van der Waals surface area contributed by atoms with Gasteiger partial charge in [-0.1, -0.05) is 11.6 Å². The normalized spacial score (nSPS) is 13.7. The predicted molar refractivity (Wildman–Crippen MR) is 101 cm³/mol. The summed E-state index contributed by atoms with van der Waals surface area (Å²) in [4.78, 5) is 19.3. The molecule has 1 saturated carbocycles. The van der Waals surface area contributed by atoms with E-state index < -0.39 is 4.92 Å². The number of nitro benzene ring substituents is 1. The van der Waals surface area contributed by atoms with Crippen molar-refractivity contribution in [1.82, 2.24) is 24.7 Å². The topological polar surface area (TPSA) is 99.6 Å². The van der Waals surface area contributed by atoms with Crippen LogP contribution in [-0.4, -0.2) is 29.7 Å². The number of hydrogen-bond donors (Lipinski definition) is 0. The van der Waals surface area contributed by atoms with Crippen molar-refractivity contribution >= 4 is 29.1 Å². The first-order valence-electron chi connectivity index (χ1n) is 8.45. The molecule has 1 aliphatic carbocycles. The zero-order valence-electron chi connectivity index (χ0n) is 14.4. The molecule has 0 aliphatic heterocycles. The van der Waals surface area contributed by atoms with Crippen LogP contribution >= 0.6 is 23.4 Å². The molecule has 1 aromatic carbocycles. The van der Waals surface area contributed by atoms with E-state index in [1.54, 1.807) is 18.2 Å². The fourth-order valence-electron chi connectivity index (χ4n) is 2.68. The summed E-state index contributed by atoms with van der Waals surface area (Å²) in [5, 5.41) is 21.2. The fraction of sp³-hybridized carbons (Fsp3) is 0.294. The molecular formula is C17H15ClN6O2S. The molecule has 27 heavy (non-hydrogen) atoms. The fourth-order valence-corrected chi connectivity index (χ4v) is 3.84. The number of rotatable bonds is 6. The Morgan fingerprint density at radius 2 is 2.00 bits per heavy atom. The molecular weight excluding hydrogens is 388 g/mol. The van der Waals surface area contributed by atoms with E-state index in [2.05, 4.69) is 20.2 Å². The van der Waals surface area contributed by atoms with E-state index in [4.69, 9.17) is 11.6 Å². The van der Waals surface area contributed by atoms with Crippen LogP contribution in [0.25, 0.3) is 11.4 Å². The van der Waals surface area contributed by atoms with E-state index in [0.29, 0.717) is 28.6 Å². The van der Waals surface area contributed by atoms with Crippen molar-refractivity contribution in [2.75, 3.05) is 0 Å². The highest BCUT2D eigenvalue weighted by atomic mass is 35.5. The molecule has 4 rings (SSSR count). The molecule has 0 unspecified atom stereocenters. The maximum absolute atomic E-state index is 10.8. The van der Waals surface area contributed by atoms with Crippen LogP contribution in [0.2, 0.25) is 5.15 Å². The van der Waals surface area contributed by atoms with Gasteiger partial charge in [0.05, 0.1) is 4.92 Å². The molecule has 0 radical (unpaired) electrons. The predicted octanol–water partition coefficient (Wildman–Crippen LogP) is 4.35. The van der Waals surface area contributed by atoms with Crippen LogP contribution in [0.15, 0.2) is 40.5 Å². The average Bonchev–Trinajstić information content (AvgIpc) is 3.43. The number of non-ortho nitro benzene ring substituents is 1. The Morgan fingerprint density at radius 3 is 2.63 bits per heavy atom. The first-order valence-corrected chi connectivity index (χ1v) is 9.65. The van der Waals surface area contributed by atoms with Crippen LogP contribution in [0.1, 0.15) is 31.5 Å². The van der Waals surface area contributed by atoms with Gasteiger partial charge >= 0.3 is 0 Å². The first-order chi connectivity index (χ1) is 13.0. The lowest BCUT2D eigenvalue weighted by atomic mass is 10.2. The van der Waals surface area contributed by atoms with Gasteiger partial charge < -0.3 is 4.57 Å². The number of hydrogen-bond acceptors (Lipinski definition) is 7. The molecule has 1 fully saturated rings. The highest BCUT2D eigenvalue weighted by Crippen LogP contribution is 2.39. The standard InChI is InChI=1S/C17H15ClN6O2S/c1-2-23-16(11-5-7-12(8-6-11)24(25)26)21-22-17(23)27-14-9-13(18)19-15(20-14)10-3-4-10/h5-10H,2-4H2,1H3. The van der Waals surface area contributed by atoms with E-state index in [9.17, 15) is 10.1 Å². The van der Waals surface area contributed by atoms with Crippen molar-refractivity contribution in [3.63, 3.8) is 0 Å².